The van der Waals surface area contributed by atoms with Gasteiger partial charge in [0.2, 0.25) is 5.91 Å². The molecule has 182 valence electrons. The number of halogens is 1. The molecule has 5 rings (SSSR count). The van der Waals surface area contributed by atoms with E-state index in [1.807, 2.05) is 62.4 Å². The van der Waals surface area contributed by atoms with Crippen molar-refractivity contribution in [2.45, 2.75) is 38.0 Å². The summed E-state index contributed by atoms with van der Waals surface area (Å²) in [5.41, 5.74) is 5.11. The number of carbonyl (C=O) groups is 2. The first kappa shape index (κ1) is 23.9. The van der Waals surface area contributed by atoms with Gasteiger partial charge in [-0.2, -0.15) is 10.1 Å². The summed E-state index contributed by atoms with van der Waals surface area (Å²) < 4.78 is 14.8. The largest absolute Gasteiger partial charge is 0.326 e. The lowest BCUT2D eigenvalue weighted by atomic mass is 9.98. The van der Waals surface area contributed by atoms with Crippen molar-refractivity contribution in [1.82, 2.24) is 5.01 Å². The fourth-order valence-corrected chi connectivity index (χ4v) is 5.28. The van der Waals surface area contributed by atoms with Gasteiger partial charge in [0.15, 0.2) is 5.17 Å². The SMILES string of the molecule is Cc1ccc(NC(=O)C[C@@H]2SC(N3N=C(c4ccc(C)cc4)C[C@@H]3c3ccccc3F)=NC2=O)cc1. The lowest BCUT2D eigenvalue weighted by Gasteiger charge is -2.23. The highest BCUT2D eigenvalue weighted by atomic mass is 32.2. The van der Waals surface area contributed by atoms with Crippen molar-refractivity contribution >= 4 is 40.1 Å². The molecule has 8 heteroatoms. The van der Waals surface area contributed by atoms with Gasteiger partial charge in [-0.3, -0.25) is 9.59 Å². The summed E-state index contributed by atoms with van der Waals surface area (Å²) in [7, 11) is 0. The smallest absolute Gasteiger partial charge is 0.262 e. The van der Waals surface area contributed by atoms with Crippen molar-refractivity contribution < 1.29 is 14.0 Å². The quantitative estimate of drug-likeness (QED) is 0.493. The van der Waals surface area contributed by atoms with E-state index in [-0.39, 0.29) is 24.1 Å². The first-order valence-corrected chi connectivity index (χ1v) is 12.6. The maximum atomic E-state index is 14.8. The summed E-state index contributed by atoms with van der Waals surface area (Å²) in [5, 5.41) is 8.95. The van der Waals surface area contributed by atoms with E-state index in [1.165, 1.54) is 17.8 Å². The van der Waals surface area contributed by atoms with E-state index in [4.69, 9.17) is 5.10 Å². The molecule has 2 amide bonds. The highest BCUT2D eigenvalue weighted by Crippen LogP contribution is 2.39. The van der Waals surface area contributed by atoms with Gasteiger partial charge in [0.25, 0.3) is 5.91 Å². The number of anilines is 1. The maximum Gasteiger partial charge on any atom is 0.262 e. The molecule has 2 aliphatic rings. The van der Waals surface area contributed by atoms with Crippen LogP contribution in [0, 0.1) is 19.7 Å². The summed E-state index contributed by atoms with van der Waals surface area (Å²) in [4.78, 5) is 29.6. The lowest BCUT2D eigenvalue weighted by molar-refractivity contribution is -0.121. The van der Waals surface area contributed by atoms with Crippen molar-refractivity contribution in [2.24, 2.45) is 10.1 Å². The Morgan fingerprint density at radius 1 is 1.03 bits per heavy atom. The number of hydrazone groups is 1. The van der Waals surface area contributed by atoms with E-state index in [0.29, 0.717) is 22.8 Å². The highest BCUT2D eigenvalue weighted by Gasteiger charge is 2.39. The van der Waals surface area contributed by atoms with Crippen LogP contribution in [-0.4, -0.2) is 33.0 Å². The topological polar surface area (TPSA) is 74.1 Å². The second kappa shape index (κ2) is 10.1. The standard InChI is InChI=1S/C28H25FN4O2S/c1-17-7-11-19(12-8-17)23-15-24(21-5-3-4-6-22(21)29)33(32-23)28-31-27(35)25(36-28)16-26(34)30-20-13-9-18(2)10-14-20/h3-14,24-25H,15-16H2,1-2H3,(H,30,34)/t24-,25+/m1/s1. The predicted molar refractivity (Wildman–Crippen MR) is 142 cm³/mol. The molecule has 1 N–H and O–H groups in total. The highest BCUT2D eigenvalue weighted by molar-refractivity contribution is 8.15. The number of aliphatic imine (C=N–C) groups is 1. The Balaban J connectivity index is 1.36. The predicted octanol–water partition coefficient (Wildman–Crippen LogP) is 5.62. The number of amides is 2. The molecule has 3 aromatic rings. The summed E-state index contributed by atoms with van der Waals surface area (Å²) in [6, 6.07) is 21.6. The van der Waals surface area contributed by atoms with Crippen molar-refractivity contribution in [3.05, 3.63) is 101 Å². The molecular weight excluding hydrogens is 475 g/mol. The van der Waals surface area contributed by atoms with Gasteiger partial charge in [0, 0.05) is 24.1 Å². The number of carbonyl (C=O) groups excluding carboxylic acids is 2. The van der Waals surface area contributed by atoms with E-state index in [2.05, 4.69) is 10.3 Å². The molecule has 0 aliphatic carbocycles. The van der Waals surface area contributed by atoms with Crippen LogP contribution in [0.5, 0.6) is 0 Å². The number of hydrogen-bond acceptors (Lipinski definition) is 5. The van der Waals surface area contributed by atoms with Gasteiger partial charge in [-0.15, -0.1) is 0 Å². The van der Waals surface area contributed by atoms with E-state index >= 15 is 0 Å². The normalized spacial score (nSPS) is 19.3. The first-order chi connectivity index (χ1) is 17.4. The van der Waals surface area contributed by atoms with Crippen LogP contribution in [0.25, 0.3) is 0 Å². The van der Waals surface area contributed by atoms with E-state index in [1.54, 1.807) is 23.2 Å². The third kappa shape index (κ3) is 5.09. The molecule has 0 saturated carbocycles. The zero-order valence-electron chi connectivity index (χ0n) is 19.9. The van der Waals surface area contributed by atoms with Crippen LogP contribution < -0.4 is 5.32 Å². The Kier molecular flexibility index (Phi) is 6.69. The number of nitrogens with one attached hydrogen (secondary N) is 1. The number of hydrogen-bond donors (Lipinski definition) is 1. The van der Waals surface area contributed by atoms with Gasteiger partial charge in [0.1, 0.15) is 11.1 Å². The van der Waals surface area contributed by atoms with Crippen molar-refractivity contribution in [2.75, 3.05) is 5.32 Å². The Bertz CT molecular complexity index is 1370. The third-order valence-corrected chi connectivity index (χ3v) is 7.33. The summed E-state index contributed by atoms with van der Waals surface area (Å²) in [6.07, 6.45) is 0.452. The minimum Gasteiger partial charge on any atom is -0.326 e. The molecule has 36 heavy (non-hydrogen) atoms. The van der Waals surface area contributed by atoms with Gasteiger partial charge in [-0.1, -0.05) is 77.5 Å². The molecule has 0 bridgehead atoms. The molecule has 0 radical (unpaired) electrons. The number of rotatable bonds is 5. The Morgan fingerprint density at radius 2 is 1.69 bits per heavy atom. The number of nitrogens with zero attached hydrogens (tertiary/aromatic N) is 3. The van der Waals surface area contributed by atoms with Crippen LogP contribution in [0.4, 0.5) is 10.1 Å². The molecule has 2 atom stereocenters. The second-order valence-electron chi connectivity index (χ2n) is 8.96. The lowest BCUT2D eigenvalue weighted by Crippen LogP contribution is -2.25. The third-order valence-electron chi connectivity index (χ3n) is 6.19. The minimum atomic E-state index is -0.662. The van der Waals surface area contributed by atoms with Crippen molar-refractivity contribution in [1.29, 1.82) is 0 Å². The Morgan fingerprint density at radius 3 is 2.39 bits per heavy atom. The molecule has 6 nitrogen and oxygen atoms in total. The fraction of sp³-hybridized carbons (Fsp3) is 0.214. The molecule has 0 aromatic heterocycles. The Hall–Kier alpha value is -3.78. The summed E-state index contributed by atoms with van der Waals surface area (Å²) in [5.74, 6) is -0.991. The van der Waals surface area contributed by atoms with Crippen LogP contribution in [-0.2, 0) is 9.59 Å². The summed E-state index contributed by atoms with van der Waals surface area (Å²) >= 11 is 1.20. The first-order valence-electron chi connectivity index (χ1n) is 11.7. The zero-order valence-corrected chi connectivity index (χ0v) is 20.8. The minimum absolute atomic E-state index is 0.0168. The number of benzene rings is 3. The summed E-state index contributed by atoms with van der Waals surface area (Å²) in [6.45, 7) is 3.98. The number of amidine groups is 1. The molecule has 0 saturated heterocycles. The van der Waals surface area contributed by atoms with Crippen LogP contribution in [0.3, 0.4) is 0 Å². The number of thioether (sulfide) groups is 1. The van der Waals surface area contributed by atoms with Crippen LogP contribution >= 0.6 is 11.8 Å². The van der Waals surface area contributed by atoms with Crippen molar-refractivity contribution in [3.8, 4) is 0 Å². The van der Waals surface area contributed by atoms with Crippen LogP contribution in [0.1, 0.15) is 41.1 Å². The van der Waals surface area contributed by atoms with Crippen molar-refractivity contribution in [3.63, 3.8) is 0 Å². The molecule has 3 aromatic carbocycles. The molecule has 2 aliphatic heterocycles. The molecule has 0 spiro atoms. The average molecular weight is 501 g/mol. The molecular formula is C28H25FN4O2S. The van der Waals surface area contributed by atoms with Gasteiger partial charge in [-0.25, -0.2) is 9.40 Å². The maximum absolute atomic E-state index is 14.8. The molecule has 0 unspecified atom stereocenters. The fourth-order valence-electron chi connectivity index (χ4n) is 4.22. The average Bonchev–Trinajstić information content (AvgIpc) is 3.45. The zero-order chi connectivity index (χ0) is 25.2. The van der Waals surface area contributed by atoms with E-state index in [9.17, 15) is 14.0 Å². The van der Waals surface area contributed by atoms with Gasteiger partial charge in [-0.05, 0) is 37.6 Å². The van der Waals surface area contributed by atoms with Gasteiger partial charge >= 0.3 is 0 Å². The Labute approximate surface area is 213 Å². The van der Waals surface area contributed by atoms with Gasteiger partial charge in [0.05, 0.1) is 11.8 Å². The monoisotopic (exact) mass is 500 g/mol. The van der Waals surface area contributed by atoms with Crippen LogP contribution in [0.2, 0.25) is 0 Å². The van der Waals surface area contributed by atoms with Crippen LogP contribution in [0.15, 0.2) is 82.9 Å². The molecule has 0 fully saturated rings. The molecule has 2 heterocycles. The number of aryl methyl sites for hydroxylation is 2. The van der Waals surface area contributed by atoms with Gasteiger partial charge < -0.3 is 5.32 Å². The van der Waals surface area contributed by atoms with E-state index in [0.717, 1.165) is 22.4 Å². The van der Waals surface area contributed by atoms with E-state index < -0.39 is 11.3 Å². The second-order valence-corrected chi connectivity index (χ2v) is 10.1.